The number of halogens is 4. The molecule has 0 unspecified atom stereocenters. The van der Waals surface area contributed by atoms with Crippen molar-refractivity contribution in [3.63, 3.8) is 0 Å². The molecule has 0 bridgehead atoms. The summed E-state index contributed by atoms with van der Waals surface area (Å²) in [6.45, 7) is 5.73. The Kier molecular flexibility index (Phi) is 9.46. The van der Waals surface area contributed by atoms with Gasteiger partial charge in [-0.15, -0.1) is 24.8 Å². The third-order valence-electron chi connectivity index (χ3n) is 4.44. The fourth-order valence-corrected chi connectivity index (χ4v) is 4.00. The van der Waals surface area contributed by atoms with E-state index in [1.807, 2.05) is 0 Å². The molecule has 2 aliphatic heterocycles. The summed E-state index contributed by atoms with van der Waals surface area (Å²) in [5.41, 5.74) is 1.04. The highest BCUT2D eigenvalue weighted by atomic mass is 35.5. The number of hydrogen-bond donors (Lipinski definition) is 1. The third-order valence-corrected chi connectivity index (χ3v) is 5.05. The van der Waals surface area contributed by atoms with E-state index in [9.17, 15) is 0 Å². The lowest BCUT2D eigenvalue weighted by Gasteiger charge is -2.41. The monoisotopic (exact) mass is 401 g/mol. The van der Waals surface area contributed by atoms with Gasteiger partial charge in [0.15, 0.2) is 0 Å². The minimum Gasteiger partial charge on any atom is -0.381 e. The van der Waals surface area contributed by atoms with Crippen LogP contribution in [-0.4, -0.2) is 49.3 Å². The molecule has 1 aromatic heterocycles. The molecule has 4 nitrogen and oxygen atoms in total. The van der Waals surface area contributed by atoms with Crippen molar-refractivity contribution < 1.29 is 4.74 Å². The fourth-order valence-electron chi connectivity index (χ4n) is 3.41. The summed E-state index contributed by atoms with van der Waals surface area (Å²) in [6, 6.07) is 0.263. The second kappa shape index (κ2) is 10.2. The molecule has 2 aliphatic rings. The largest absolute Gasteiger partial charge is 0.381 e. The SMILES string of the molecule is Cl.Cl.Clc1cncc(Cl)c1[C@H](C1CCOCC1)N1CCNCC1. The van der Waals surface area contributed by atoms with E-state index >= 15 is 0 Å². The highest BCUT2D eigenvalue weighted by Crippen LogP contribution is 2.41. The summed E-state index contributed by atoms with van der Waals surface area (Å²) in [5, 5.41) is 4.77. The van der Waals surface area contributed by atoms with E-state index in [1.54, 1.807) is 12.4 Å². The van der Waals surface area contributed by atoms with Crippen LogP contribution in [0.1, 0.15) is 24.4 Å². The van der Waals surface area contributed by atoms with Crippen molar-refractivity contribution in [1.82, 2.24) is 15.2 Å². The average molecular weight is 403 g/mol. The van der Waals surface area contributed by atoms with Crippen molar-refractivity contribution in [3.05, 3.63) is 28.0 Å². The van der Waals surface area contributed by atoms with Crippen LogP contribution in [0.15, 0.2) is 12.4 Å². The molecular formula is C15H23Cl4N3O. The van der Waals surface area contributed by atoms with Gasteiger partial charge >= 0.3 is 0 Å². The zero-order valence-corrected chi connectivity index (χ0v) is 16.0. The maximum absolute atomic E-state index is 6.44. The Bertz CT molecular complexity index is 442. The van der Waals surface area contributed by atoms with Gasteiger partial charge in [-0.1, -0.05) is 23.2 Å². The quantitative estimate of drug-likeness (QED) is 0.837. The topological polar surface area (TPSA) is 37.4 Å². The molecule has 0 aliphatic carbocycles. The third kappa shape index (κ3) is 5.08. The van der Waals surface area contributed by atoms with E-state index in [2.05, 4.69) is 15.2 Å². The Morgan fingerprint density at radius 1 is 1.09 bits per heavy atom. The van der Waals surface area contributed by atoms with Crippen LogP contribution in [0.25, 0.3) is 0 Å². The van der Waals surface area contributed by atoms with Crippen molar-refractivity contribution in [2.45, 2.75) is 18.9 Å². The minimum atomic E-state index is 0. The normalized spacial score (nSPS) is 21.1. The van der Waals surface area contributed by atoms with Crippen LogP contribution in [0.2, 0.25) is 10.0 Å². The number of nitrogens with one attached hydrogen (secondary N) is 1. The first-order valence-corrected chi connectivity index (χ1v) is 8.34. The van der Waals surface area contributed by atoms with Crippen LogP contribution in [0, 0.1) is 5.92 Å². The lowest BCUT2D eigenvalue weighted by Crippen LogP contribution is -2.47. The highest BCUT2D eigenvalue weighted by Gasteiger charge is 2.33. The summed E-state index contributed by atoms with van der Waals surface area (Å²) in [6.07, 6.45) is 5.53. The molecule has 0 amide bonds. The zero-order chi connectivity index (χ0) is 14.7. The lowest BCUT2D eigenvalue weighted by atomic mass is 9.86. The van der Waals surface area contributed by atoms with E-state index in [-0.39, 0.29) is 30.9 Å². The van der Waals surface area contributed by atoms with E-state index in [1.165, 1.54) is 0 Å². The van der Waals surface area contributed by atoms with Gasteiger partial charge in [-0.3, -0.25) is 9.88 Å². The summed E-state index contributed by atoms with van der Waals surface area (Å²) in [7, 11) is 0. The molecule has 1 aromatic rings. The molecule has 3 rings (SSSR count). The molecule has 8 heteroatoms. The van der Waals surface area contributed by atoms with Crippen molar-refractivity contribution in [2.75, 3.05) is 39.4 Å². The van der Waals surface area contributed by atoms with Crippen LogP contribution in [-0.2, 0) is 4.74 Å². The molecular weight excluding hydrogens is 380 g/mol. The molecule has 2 saturated heterocycles. The first-order chi connectivity index (χ1) is 10.3. The van der Waals surface area contributed by atoms with Gasteiger partial charge in [-0.05, 0) is 18.8 Å². The maximum Gasteiger partial charge on any atom is 0.0652 e. The van der Waals surface area contributed by atoms with Crippen LogP contribution in [0.4, 0.5) is 0 Å². The number of aromatic nitrogens is 1. The second-order valence-corrected chi connectivity index (χ2v) is 6.51. The Balaban J connectivity index is 0.00000132. The van der Waals surface area contributed by atoms with Gasteiger partial charge in [0, 0.05) is 63.4 Å². The Hall–Kier alpha value is 0.190. The van der Waals surface area contributed by atoms with E-state index in [0.29, 0.717) is 16.0 Å². The predicted octanol–water partition coefficient (Wildman–Crippen LogP) is 3.60. The molecule has 2 fully saturated rings. The molecule has 3 heterocycles. The Labute approximate surface area is 160 Å². The van der Waals surface area contributed by atoms with Crippen LogP contribution >= 0.6 is 48.0 Å². The summed E-state index contributed by atoms with van der Waals surface area (Å²) < 4.78 is 5.52. The summed E-state index contributed by atoms with van der Waals surface area (Å²) >= 11 is 12.9. The minimum absolute atomic E-state index is 0. The molecule has 0 spiro atoms. The zero-order valence-electron chi connectivity index (χ0n) is 12.8. The number of pyridine rings is 1. The number of ether oxygens (including phenoxy) is 1. The van der Waals surface area contributed by atoms with Crippen molar-refractivity contribution in [2.24, 2.45) is 5.92 Å². The molecule has 23 heavy (non-hydrogen) atoms. The van der Waals surface area contributed by atoms with Gasteiger partial charge in [0.25, 0.3) is 0 Å². The molecule has 1 atom stereocenters. The number of hydrogen-bond acceptors (Lipinski definition) is 4. The first kappa shape index (κ1) is 21.2. The maximum atomic E-state index is 6.44. The number of nitrogens with zero attached hydrogens (tertiary/aromatic N) is 2. The van der Waals surface area contributed by atoms with Crippen molar-refractivity contribution in [1.29, 1.82) is 0 Å². The van der Waals surface area contributed by atoms with Crippen molar-refractivity contribution in [3.8, 4) is 0 Å². The second-order valence-electron chi connectivity index (χ2n) is 5.70. The van der Waals surface area contributed by atoms with Crippen molar-refractivity contribution >= 4 is 48.0 Å². The Morgan fingerprint density at radius 3 is 2.22 bits per heavy atom. The van der Waals surface area contributed by atoms with E-state index in [0.717, 1.165) is 57.8 Å². The van der Waals surface area contributed by atoms with Crippen LogP contribution < -0.4 is 5.32 Å². The smallest absolute Gasteiger partial charge is 0.0652 e. The first-order valence-electron chi connectivity index (χ1n) is 7.59. The predicted molar refractivity (Wildman–Crippen MR) is 99.5 cm³/mol. The molecule has 0 saturated carbocycles. The molecule has 132 valence electrons. The molecule has 0 radical (unpaired) electrons. The number of piperazine rings is 1. The molecule has 1 N–H and O–H groups in total. The number of rotatable bonds is 3. The van der Waals surface area contributed by atoms with Crippen LogP contribution in [0.3, 0.4) is 0 Å². The summed E-state index contributed by atoms with van der Waals surface area (Å²) in [4.78, 5) is 6.61. The van der Waals surface area contributed by atoms with Gasteiger partial charge in [0.05, 0.1) is 10.0 Å². The Morgan fingerprint density at radius 2 is 1.65 bits per heavy atom. The summed E-state index contributed by atoms with van der Waals surface area (Å²) in [5.74, 6) is 0.536. The van der Waals surface area contributed by atoms with Gasteiger partial charge in [0.1, 0.15) is 0 Å². The van der Waals surface area contributed by atoms with Gasteiger partial charge in [-0.25, -0.2) is 0 Å². The van der Waals surface area contributed by atoms with Crippen LogP contribution in [0.5, 0.6) is 0 Å². The van der Waals surface area contributed by atoms with Gasteiger partial charge < -0.3 is 10.1 Å². The van der Waals surface area contributed by atoms with E-state index < -0.39 is 0 Å². The lowest BCUT2D eigenvalue weighted by molar-refractivity contribution is 0.0213. The average Bonchev–Trinajstić information content (AvgIpc) is 2.53. The fraction of sp³-hybridized carbons (Fsp3) is 0.667. The van der Waals surface area contributed by atoms with Gasteiger partial charge in [-0.2, -0.15) is 0 Å². The molecule has 0 aromatic carbocycles. The van der Waals surface area contributed by atoms with E-state index in [4.69, 9.17) is 27.9 Å². The van der Waals surface area contributed by atoms with Gasteiger partial charge in [0.2, 0.25) is 0 Å². The highest BCUT2D eigenvalue weighted by molar-refractivity contribution is 6.35. The standard InChI is InChI=1S/C15H21Cl2N3O.2ClH/c16-12-9-19-10-13(17)14(12)15(11-1-7-21-8-2-11)20-5-3-18-4-6-20;;/h9-11,15,18H,1-8H2;2*1H/t15-;;/m0../s1.